The third kappa shape index (κ3) is 1.75. The smallest absolute Gasteiger partial charge is 0.335 e. The molecule has 0 aromatic carbocycles. The minimum Gasteiger partial charge on any atom is -0.479 e. The van der Waals surface area contributed by atoms with Crippen molar-refractivity contribution in [3.05, 3.63) is 30.1 Å². The summed E-state index contributed by atoms with van der Waals surface area (Å²) in [7, 11) is 0. The van der Waals surface area contributed by atoms with Gasteiger partial charge in [-0.25, -0.2) is 4.79 Å². The Kier molecular flexibility index (Phi) is 3.15. The highest BCUT2D eigenvalue weighted by molar-refractivity contribution is 6.29. The maximum atomic E-state index is 11.9. The molecule has 0 saturated heterocycles. The number of carboxylic acid groups (broad SMARTS) is 1. The summed E-state index contributed by atoms with van der Waals surface area (Å²) in [5.41, 5.74) is 3.06. The van der Waals surface area contributed by atoms with Crippen LogP contribution < -0.4 is 5.73 Å². The van der Waals surface area contributed by atoms with Crippen molar-refractivity contribution in [2.75, 3.05) is 0 Å². The van der Waals surface area contributed by atoms with Gasteiger partial charge >= 0.3 is 5.97 Å². The van der Waals surface area contributed by atoms with Crippen LogP contribution in [0.5, 0.6) is 0 Å². The second kappa shape index (κ2) is 4.40. The Labute approximate surface area is 110 Å². The summed E-state index contributed by atoms with van der Waals surface area (Å²) >= 11 is 0. The number of aromatic nitrogens is 1. The minimum atomic E-state index is -1.94. The van der Waals surface area contributed by atoms with E-state index in [0.717, 1.165) is 5.56 Å². The molecule has 1 saturated carbocycles. The van der Waals surface area contributed by atoms with E-state index in [1.807, 2.05) is 0 Å². The van der Waals surface area contributed by atoms with Gasteiger partial charge in [-0.3, -0.25) is 9.78 Å². The highest BCUT2D eigenvalue weighted by atomic mass is 16.5. The number of hydrogen-bond acceptors (Lipinski definition) is 5. The van der Waals surface area contributed by atoms with Gasteiger partial charge in [0.25, 0.3) is 0 Å². The Morgan fingerprint density at radius 2 is 2.26 bits per heavy atom. The largest absolute Gasteiger partial charge is 0.479 e. The molecule has 0 aliphatic heterocycles. The highest BCUT2D eigenvalue weighted by Crippen LogP contribution is 2.50. The number of nitrogens with two attached hydrogens (primary N) is 1. The van der Waals surface area contributed by atoms with E-state index in [9.17, 15) is 9.59 Å². The third-order valence-electron chi connectivity index (χ3n) is 3.56. The molecule has 2 unspecified atom stereocenters. The lowest BCUT2D eigenvalue weighted by molar-refractivity contribution is -0.144. The van der Waals surface area contributed by atoms with Crippen LogP contribution in [0.1, 0.15) is 19.4 Å². The van der Waals surface area contributed by atoms with E-state index < -0.39 is 22.9 Å². The molecular formula is C13H16N2O4. The molecule has 1 aliphatic rings. The second-order valence-corrected chi connectivity index (χ2v) is 4.98. The van der Waals surface area contributed by atoms with E-state index in [0.29, 0.717) is 0 Å². The molecule has 19 heavy (non-hydrogen) atoms. The standard InChI is InChI=1S/C13H16N2O4/c1-8(2)13(10(16)12(13,14)11(17)18)19-7-9-4-3-5-15-6-9/h3-6,8H,7,14H2,1-2H3,(H,17,18). The lowest BCUT2D eigenvalue weighted by Crippen LogP contribution is -2.46. The number of carboxylic acids is 1. The number of nitrogens with zero attached hydrogens (tertiary/aromatic N) is 1. The Bertz CT molecular complexity index is 517. The van der Waals surface area contributed by atoms with Crippen LogP contribution in [0.4, 0.5) is 0 Å². The van der Waals surface area contributed by atoms with Gasteiger partial charge in [-0.2, -0.15) is 0 Å². The molecule has 6 nitrogen and oxygen atoms in total. The number of rotatable bonds is 5. The molecule has 1 aromatic rings. The summed E-state index contributed by atoms with van der Waals surface area (Å²) < 4.78 is 5.58. The maximum Gasteiger partial charge on any atom is 0.335 e. The average molecular weight is 264 g/mol. The number of carbonyl (C=O) groups is 2. The molecule has 0 radical (unpaired) electrons. The van der Waals surface area contributed by atoms with E-state index in [1.54, 1.807) is 38.4 Å². The second-order valence-electron chi connectivity index (χ2n) is 4.98. The van der Waals surface area contributed by atoms with E-state index in [4.69, 9.17) is 15.6 Å². The van der Waals surface area contributed by atoms with E-state index in [-0.39, 0.29) is 12.5 Å². The lowest BCUT2D eigenvalue weighted by atomic mass is 9.99. The topological polar surface area (TPSA) is 103 Å². The number of ketones is 1. The van der Waals surface area contributed by atoms with Crippen molar-refractivity contribution in [2.24, 2.45) is 11.7 Å². The van der Waals surface area contributed by atoms with Crippen LogP contribution in [0.3, 0.4) is 0 Å². The fraction of sp³-hybridized carbons (Fsp3) is 0.462. The van der Waals surface area contributed by atoms with Gasteiger partial charge in [0.15, 0.2) is 5.60 Å². The summed E-state index contributed by atoms with van der Waals surface area (Å²) in [5.74, 6) is -2.25. The Morgan fingerprint density at radius 3 is 2.68 bits per heavy atom. The molecule has 0 spiro atoms. The first-order valence-corrected chi connectivity index (χ1v) is 5.97. The first kappa shape index (κ1) is 13.6. The van der Waals surface area contributed by atoms with Crippen molar-refractivity contribution in [3.8, 4) is 0 Å². The van der Waals surface area contributed by atoms with Crippen LogP contribution in [0.15, 0.2) is 24.5 Å². The fourth-order valence-corrected chi connectivity index (χ4v) is 2.39. The fourth-order valence-electron chi connectivity index (χ4n) is 2.39. The van der Waals surface area contributed by atoms with Crippen molar-refractivity contribution in [3.63, 3.8) is 0 Å². The molecular weight excluding hydrogens is 248 g/mol. The monoisotopic (exact) mass is 264 g/mol. The van der Waals surface area contributed by atoms with Gasteiger partial charge in [-0.1, -0.05) is 19.9 Å². The van der Waals surface area contributed by atoms with E-state index in [1.165, 1.54) is 0 Å². The van der Waals surface area contributed by atoms with Crippen molar-refractivity contribution < 1.29 is 19.4 Å². The zero-order chi connectivity index (χ0) is 14.3. The minimum absolute atomic E-state index is 0.101. The third-order valence-corrected chi connectivity index (χ3v) is 3.56. The predicted molar refractivity (Wildman–Crippen MR) is 66.2 cm³/mol. The molecule has 2 rings (SSSR count). The van der Waals surface area contributed by atoms with Crippen molar-refractivity contribution in [1.29, 1.82) is 0 Å². The van der Waals surface area contributed by atoms with E-state index >= 15 is 0 Å². The molecule has 1 fully saturated rings. The Balaban J connectivity index is 2.20. The molecule has 2 atom stereocenters. The van der Waals surface area contributed by atoms with Crippen molar-refractivity contribution in [1.82, 2.24) is 4.98 Å². The summed E-state index contributed by atoms with van der Waals surface area (Å²) in [6.07, 6.45) is 3.22. The zero-order valence-electron chi connectivity index (χ0n) is 10.8. The van der Waals surface area contributed by atoms with Gasteiger partial charge in [-0.15, -0.1) is 0 Å². The lowest BCUT2D eigenvalue weighted by Gasteiger charge is -2.22. The summed E-state index contributed by atoms with van der Waals surface area (Å²) in [6.45, 7) is 3.54. The first-order chi connectivity index (χ1) is 8.87. The van der Waals surface area contributed by atoms with Gasteiger partial charge in [0.1, 0.15) is 0 Å². The van der Waals surface area contributed by atoms with Gasteiger partial charge < -0.3 is 15.6 Å². The van der Waals surface area contributed by atoms with Crippen LogP contribution in [0.2, 0.25) is 0 Å². The summed E-state index contributed by atoms with van der Waals surface area (Å²) in [5, 5.41) is 9.13. The molecule has 102 valence electrons. The van der Waals surface area contributed by atoms with Gasteiger partial charge in [0, 0.05) is 12.4 Å². The number of ether oxygens (including phenoxy) is 1. The Hall–Kier alpha value is -1.79. The van der Waals surface area contributed by atoms with Crippen molar-refractivity contribution in [2.45, 2.75) is 31.6 Å². The quantitative estimate of drug-likeness (QED) is 0.744. The van der Waals surface area contributed by atoms with Crippen LogP contribution in [0, 0.1) is 5.92 Å². The molecule has 6 heteroatoms. The average Bonchev–Trinajstić information content (AvgIpc) is 2.88. The number of Topliss-reactive ketones (excluding diaryl/α,β-unsaturated/α-hetero) is 1. The first-order valence-electron chi connectivity index (χ1n) is 5.97. The molecule has 0 amide bonds. The van der Waals surface area contributed by atoms with Crippen LogP contribution in [-0.2, 0) is 20.9 Å². The molecule has 1 aromatic heterocycles. The van der Waals surface area contributed by atoms with Crippen LogP contribution in [-0.4, -0.2) is 33.0 Å². The van der Waals surface area contributed by atoms with E-state index in [2.05, 4.69) is 4.98 Å². The molecule has 1 heterocycles. The predicted octanol–water partition coefficient (Wildman–Crippen LogP) is 0.358. The van der Waals surface area contributed by atoms with Crippen LogP contribution >= 0.6 is 0 Å². The Morgan fingerprint density at radius 1 is 1.58 bits per heavy atom. The van der Waals surface area contributed by atoms with Crippen molar-refractivity contribution >= 4 is 11.8 Å². The molecule has 3 N–H and O–H groups in total. The SMILES string of the molecule is CC(C)C1(OCc2cccnc2)C(=O)C1(N)C(=O)O. The number of aliphatic carboxylic acids is 1. The van der Waals surface area contributed by atoms with Gasteiger partial charge in [0.2, 0.25) is 11.3 Å². The summed E-state index contributed by atoms with van der Waals surface area (Å²) in [4.78, 5) is 27.0. The van der Waals surface area contributed by atoms with Crippen LogP contribution in [0.25, 0.3) is 0 Å². The molecule has 1 aliphatic carbocycles. The van der Waals surface area contributed by atoms with Gasteiger partial charge in [0.05, 0.1) is 6.61 Å². The summed E-state index contributed by atoms with van der Waals surface area (Å²) in [6, 6.07) is 3.52. The maximum absolute atomic E-state index is 11.9. The van der Waals surface area contributed by atoms with Gasteiger partial charge in [-0.05, 0) is 17.5 Å². The highest BCUT2D eigenvalue weighted by Gasteiger charge is 2.83. The zero-order valence-corrected chi connectivity index (χ0v) is 10.8. The molecule has 0 bridgehead atoms. The number of carbonyl (C=O) groups excluding carboxylic acids is 1. The number of hydrogen-bond donors (Lipinski definition) is 2. The normalized spacial score (nSPS) is 29.6. The number of pyridine rings is 1.